The summed E-state index contributed by atoms with van der Waals surface area (Å²) in [6.07, 6.45) is 2.56. The van der Waals surface area contributed by atoms with E-state index < -0.39 is 5.97 Å². The number of carbonyl (C=O) groups excluding carboxylic acids is 2. The van der Waals surface area contributed by atoms with Crippen LogP contribution in [0.2, 0.25) is 0 Å². The molecule has 4 rings (SSSR count). The molecule has 0 bridgehead atoms. The molecule has 1 aromatic carbocycles. The number of nitrogens with two attached hydrogens (primary N) is 1. The SMILES string of the molecule is COC(=O)COCc1cc2c(C3CCC[C@H]3C(N)=O)nc(-c3ccccc3)nc2[nH]1.S. The Hall–Kier alpha value is -2.91. The van der Waals surface area contributed by atoms with Gasteiger partial charge in [0.15, 0.2) is 5.82 Å². The van der Waals surface area contributed by atoms with Gasteiger partial charge in [0.2, 0.25) is 5.91 Å². The van der Waals surface area contributed by atoms with E-state index in [1.807, 2.05) is 36.4 Å². The van der Waals surface area contributed by atoms with Crippen LogP contribution >= 0.6 is 13.5 Å². The van der Waals surface area contributed by atoms with Gasteiger partial charge in [-0.2, -0.15) is 13.5 Å². The van der Waals surface area contributed by atoms with Gasteiger partial charge in [-0.25, -0.2) is 14.8 Å². The van der Waals surface area contributed by atoms with E-state index in [1.54, 1.807) is 0 Å². The quantitative estimate of drug-likeness (QED) is 0.543. The third-order valence-electron chi connectivity index (χ3n) is 5.54. The highest BCUT2D eigenvalue weighted by molar-refractivity contribution is 7.59. The minimum atomic E-state index is -0.437. The molecule has 31 heavy (non-hydrogen) atoms. The number of esters is 1. The number of aromatic nitrogens is 3. The molecule has 3 N–H and O–H groups in total. The molecular weight excluding hydrogens is 416 g/mol. The Morgan fingerprint density at radius 1 is 1.19 bits per heavy atom. The van der Waals surface area contributed by atoms with Crippen LogP contribution in [0.25, 0.3) is 22.4 Å². The molecule has 0 aliphatic heterocycles. The van der Waals surface area contributed by atoms with E-state index in [0.29, 0.717) is 11.5 Å². The number of carbonyl (C=O) groups is 2. The zero-order chi connectivity index (χ0) is 21.1. The van der Waals surface area contributed by atoms with Crippen molar-refractivity contribution in [3.63, 3.8) is 0 Å². The summed E-state index contributed by atoms with van der Waals surface area (Å²) in [5.41, 5.74) is 8.84. The first-order chi connectivity index (χ1) is 14.6. The first-order valence-electron chi connectivity index (χ1n) is 9.95. The Labute approximate surface area is 187 Å². The Morgan fingerprint density at radius 3 is 2.68 bits per heavy atom. The van der Waals surface area contributed by atoms with Crippen LogP contribution in [0.1, 0.15) is 36.6 Å². The molecule has 2 heterocycles. The van der Waals surface area contributed by atoms with E-state index in [9.17, 15) is 9.59 Å². The van der Waals surface area contributed by atoms with Crippen molar-refractivity contribution in [2.75, 3.05) is 13.7 Å². The molecule has 8 nitrogen and oxygen atoms in total. The number of rotatable bonds is 7. The summed E-state index contributed by atoms with van der Waals surface area (Å²) in [5.74, 6) is -0.413. The molecule has 9 heteroatoms. The third kappa shape index (κ3) is 4.88. The predicted molar refractivity (Wildman–Crippen MR) is 121 cm³/mol. The fourth-order valence-corrected chi connectivity index (χ4v) is 4.09. The van der Waals surface area contributed by atoms with Gasteiger partial charge in [0.25, 0.3) is 0 Å². The van der Waals surface area contributed by atoms with Gasteiger partial charge in [-0.3, -0.25) is 4.79 Å². The number of benzene rings is 1. The number of nitrogens with zero attached hydrogens (tertiary/aromatic N) is 2. The van der Waals surface area contributed by atoms with E-state index in [0.717, 1.165) is 41.6 Å². The molecule has 1 aliphatic rings. The Balaban J connectivity index is 0.00000272. The predicted octanol–water partition coefficient (Wildman–Crippen LogP) is 2.80. The van der Waals surface area contributed by atoms with Gasteiger partial charge in [-0.15, -0.1) is 0 Å². The van der Waals surface area contributed by atoms with Crippen LogP contribution in [0, 0.1) is 5.92 Å². The van der Waals surface area contributed by atoms with Crippen molar-refractivity contribution >= 4 is 36.4 Å². The number of hydrogen-bond acceptors (Lipinski definition) is 6. The van der Waals surface area contributed by atoms with Crippen molar-refractivity contribution in [2.45, 2.75) is 31.8 Å². The molecule has 0 saturated heterocycles. The summed E-state index contributed by atoms with van der Waals surface area (Å²) in [6, 6.07) is 11.6. The fraction of sp³-hybridized carbons (Fsp3) is 0.364. The Morgan fingerprint density at radius 2 is 1.97 bits per heavy atom. The molecule has 1 amide bonds. The van der Waals surface area contributed by atoms with Crippen molar-refractivity contribution in [2.24, 2.45) is 11.7 Å². The lowest BCUT2D eigenvalue weighted by atomic mass is 9.90. The number of nitrogens with one attached hydrogen (secondary N) is 1. The summed E-state index contributed by atoms with van der Waals surface area (Å²) in [4.78, 5) is 36.1. The summed E-state index contributed by atoms with van der Waals surface area (Å²) in [7, 11) is 1.32. The minimum absolute atomic E-state index is 0. The first kappa shape index (κ1) is 22.8. The van der Waals surface area contributed by atoms with Crippen LogP contribution < -0.4 is 5.73 Å². The summed E-state index contributed by atoms with van der Waals surface area (Å²) in [5, 5.41) is 0.851. The largest absolute Gasteiger partial charge is 0.467 e. The second-order valence-corrected chi connectivity index (χ2v) is 7.47. The van der Waals surface area contributed by atoms with Gasteiger partial charge in [0, 0.05) is 28.5 Å². The maximum absolute atomic E-state index is 12.0. The number of methoxy groups -OCH3 is 1. The number of amides is 1. The molecule has 1 aliphatic carbocycles. The topological polar surface area (TPSA) is 120 Å². The lowest BCUT2D eigenvalue weighted by molar-refractivity contribution is -0.146. The summed E-state index contributed by atoms with van der Waals surface area (Å²) >= 11 is 0. The maximum atomic E-state index is 12.0. The van der Waals surface area contributed by atoms with Gasteiger partial charge in [-0.05, 0) is 18.9 Å². The second-order valence-electron chi connectivity index (χ2n) is 7.47. The van der Waals surface area contributed by atoms with Crippen LogP contribution in [0.3, 0.4) is 0 Å². The monoisotopic (exact) mass is 442 g/mol. The first-order valence-corrected chi connectivity index (χ1v) is 9.95. The number of hydrogen-bond donors (Lipinski definition) is 2. The lowest BCUT2D eigenvalue weighted by Gasteiger charge is -2.17. The highest BCUT2D eigenvalue weighted by Gasteiger charge is 2.35. The van der Waals surface area contributed by atoms with Crippen LogP contribution in [0.15, 0.2) is 36.4 Å². The molecule has 164 valence electrons. The minimum Gasteiger partial charge on any atom is -0.467 e. The Bertz CT molecular complexity index is 1070. The fourth-order valence-electron chi connectivity index (χ4n) is 4.09. The highest BCUT2D eigenvalue weighted by atomic mass is 32.1. The average molecular weight is 443 g/mol. The molecule has 2 aromatic heterocycles. The molecule has 3 aromatic rings. The zero-order valence-corrected chi connectivity index (χ0v) is 18.3. The van der Waals surface area contributed by atoms with Crippen LogP contribution in [-0.4, -0.2) is 40.5 Å². The van der Waals surface area contributed by atoms with E-state index >= 15 is 0 Å². The second kappa shape index (κ2) is 9.93. The van der Waals surface area contributed by atoms with Crippen molar-refractivity contribution in [3.8, 4) is 11.4 Å². The molecular formula is C22H26N4O4S. The Kier molecular flexibility index (Phi) is 7.29. The van der Waals surface area contributed by atoms with E-state index in [-0.39, 0.29) is 44.5 Å². The number of primary amides is 1. The lowest BCUT2D eigenvalue weighted by Crippen LogP contribution is -2.25. The molecule has 1 unspecified atom stereocenters. The van der Waals surface area contributed by atoms with Crippen LogP contribution in [-0.2, 0) is 25.7 Å². The average Bonchev–Trinajstić information content (AvgIpc) is 3.40. The standard InChI is InChI=1S/C22H24N4O4.H2S/c1-29-18(27)12-30-11-14-10-17-19(15-8-5-9-16(15)20(23)28)25-21(26-22(17)24-14)13-6-3-2-4-7-13;/h2-4,6-7,10,15-16H,5,8-9,11-12H2,1H3,(H2,23,28)(H,24,25,26);1H2/t15?,16-;/m1./s1. The molecule has 1 saturated carbocycles. The van der Waals surface area contributed by atoms with Gasteiger partial charge in [0.1, 0.15) is 12.3 Å². The molecule has 1 fully saturated rings. The normalized spacial score (nSPS) is 18.0. The van der Waals surface area contributed by atoms with Crippen LogP contribution in [0.4, 0.5) is 0 Å². The van der Waals surface area contributed by atoms with Crippen molar-refractivity contribution < 1.29 is 19.1 Å². The van der Waals surface area contributed by atoms with Crippen LogP contribution in [0.5, 0.6) is 0 Å². The number of aromatic amines is 1. The van der Waals surface area contributed by atoms with Gasteiger partial charge in [0.05, 0.1) is 19.4 Å². The van der Waals surface area contributed by atoms with Crippen molar-refractivity contribution in [3.05, 3.63) is 47.8 Å². The molecule has 2 atom stereocenters. The van der Waals surface area contributed by atoms with E-state index in [4.69, 9.17) is 20.4 Å². The van der Waals surface area contributed by atoms with Crippen molar-refractivity contribution in [1.82, 2.24) is 15.0 Å². The van der Waals surface area contributed by atoms with Gasteiger partial charge < -0.3 is 20.2 Å². The molecule has 0 radical (unpaired) electrons. The van der Waals surface area contributed by atoms with E-state index in [2.05, 4.69) is 9.72 Å². The van der Waals surface area contributed by atoms with Gasteiger partial charge >= 0.3 is 5.97 Å². The zero-order valence-electron chi connectivity index (χ0n) is 17.3. The summed E-state index contributed by atoms with van der Waals surface area (Å²) in [6.45, 7) is 0.0710. The van der Waals surface area contributed by atoms with Gasteiger partial charge in [-0.1, -0.05) is 36.8 Å². The smallest absolute Gasteiger partial charge is 0.331 e. The molecule has 0 spiro atoms. The highest BCUT2D eigenvalue weighted by Crippen LogP contribution is 2.41. The maximum Gasteiger partial charge on any atom is 0.331 e. The number of ether oxygens (including phenoxy) is 2. The number of fused-ring (bicyclic) bond motifs is 1. The third-order valence-corrected chi connectivity index (χ3v) is 5.54. The van der Waals surface area contributed by atoms with E-state index in [1.165, 1.54) is 7.11 Å². The summed E-state index contributed by atoms with van der Waals surface area (Å²) < 4.78 is 10.0. The van der Waals surface area contributed by atoms with Crippen molar-refractivity contribution in [1.29, 1.82) is 0 Å². The number of H-pyrrole nitrogens is 1.